The molecule has 1 heterocycles. The monoisotopic (exact) mass is 294 g/mol. The van der Waals surface area contributed by atoms with Gasteiger partial charge in [-0.2, -0.15) is 5.10 Å². The second kappa shape index (κ2) is 6.28. The molecule has 2 rings (SSSR count). The highest BCUT2D eigenvalue weighted by Gasteiger charge is 2.53. The number of carbonyl (C=O) groups is 2. The molecule has 1 aliphatic carbocycles. The molecule has 1 atom stereocenters. The van der Waals surface area contributed by atoms with Gasteiger partial charge < -0.3 is 9.84 Å². The van der Waals surface area contributed by atoms with Crippen molar-refractivity contribution < 1.29 is 19.4 Å². The minimum Gasteiger partial charge on any atom is -0.480 e. The van der Waals surface area contributed by atoms with E-state index < -0.39 is 17.4 Å². The van der Waals surface area contributed by atoms with Gasteiger partial charge in [-0.25, -0.2) is 0 Å². The van der Waals surface area contributed by atoms with E-state index >= 15 is 0 Å². The van der Waals surface area contributed by atoms with Crippen LogP contribution in [0, 0.1) is 11.3 Å². The van der Waals surface area contributed by atoms with Crippen LogP contribution in [0.2, 0.25) is 0 Å². The molecule has 1 aliphatic rings. The van der Waals surface area contributed by atoms with Gasteiger partial charge in [0.2, 0.25) is 0 Å². The van der Waals surface area contributed by atoms with Gasteiger partial charge in [0, 0.05) is 13.2 Å². The summed E-state index contributed by atoms with van der Waals surface area (Å²) in [6, 6.07) is 0. The molecule has 6 heteroatoms. The molecule has 1 unspecified atom stereocenters. The minimum absolute atomic E-state index is 0.140. The van der Waals surface area contributed by atoms with E-state index in [0.717, 1.165) is 31.2 Å². The Labute approximate surface area is 124 Å². The average molecular weight is 294 g/mol. The Bertz CT molecular complexity index is 519. The number of carboxylic acid groups (broad SMARTS) is 1. The zero-order chi connectivity index (χ0) is 15.5. The highest BCUT2D eigenvalue weighted by atomic mass is 16.5. The first kappa shape index (κ1) is 15.5. The summed E-state index contributed by atoms with van der Waals surface area (Å²) < 4.78 is 6.51. The molecule has 0 aliphatic heterocycles. The van der Waals surface area contributed by atoms with Gasteiger partial charge in [0.25, 0.3) is 0 Å². The molecule has 0 radical (unpaired) electrons. The van der Waals surface area contributed by atoms with Crippen molar-refractivity contribution in [2.24, 2.45) is 18.4 Å². The Hall–Kier alpha value is -1.85. The zero-order valence-electron chi connectivity index (χ0n) is 12.5. The van der Waals surface area contributed by atoms with Crippen molar-refractivity contribution in [1.29, 1.82) is 0 Å². The van der Waals surface area contributed by atoms with E-state index in [-0.39, 0.29) is 12.3 Å². The molecule has 21 heavy (non-hydrogen) atoms. The van der Waals surface area contributed by atoms with E-state index in [4.69, 9.17) is 4.74 Å². The van der Waals surface area contributed by atoms with Crippen molar-refractivity contribution in [3.63, 3.8) is 0 Å². The summed E-state index contributed by atoms with van der Waals surface area (Å²) in [6.45, 7) is 0. The van der Waals surface area contributed by atoms with Crippen LogP contribution < -0.4 is 0 Å². The summed E-state index contributed by atoms with van der Waals surface area (Å²) in [5.74, 6) is -1.82. The molecule has 0 bridgehead atoms. The van der Waals surface area contributed by atoms with Gasteiger partial charge >= 0.3 is 11.9 Å². The first-order chi connectivity index (χ1) is 10.0. The van der Waals surface area contributed by atoms with Gasteiger partial charge in [-0.1, -0.05) is 12.8 Å². The highest BCUT2D eigenvalue weighted by Crippen LogP contribution is 2.44. The van der Waals surface area contributed by atoms with Gasteiger partial charge in [-0.3, -0.25) is 14.3 Å². The van der Waals surface area contributed by atoms with Crippen molar-refractivity contribution in [3.8, 4) is 0 Å². The maximum absolute atomic E-state index is 12.3. The van der Waals surface area contributed by atoms with Crippen molar-refractivity contribution in [3.05, 3.63) is 18.0 Å². The molecular weight excluding hydrogens is 272 g/mol. The summed E-state index contributed by atoms with van der Waals surface area (Å²) in [5, 5.41) is 13.8. The second-order valence-corrected chi connectivity index (χ2v) is 5.77. The van der Waals surface area contributed by atoms with Crippen LogP contribution in [0.4, 0.5) is 0 Å². The number of carbonyl (C=O) groups excluding carboxylic acids is 1. The number of rotatable bonds is 6. The third kappa shape index (κ3) is 2.94. The maximum atomic E-state index is 12.3. The average Bonchev–Trinajstić information content (AvgIpc) is 3.11. The smallest absolute Gasteiger partial charge is 0.323 e. The van der Waals surface area contributed by atoms with Crippen LogP contribution in [-0.4, -0.2) is 33.9 Å². The van der Waals surface area contributed by atoms with E-state index in [0.29, 0.717) is 6.42 Å². The Morgan fingerprint density at radius 3 is 2.62 bits per heavy atom. The van der Waals surface area contributed by atoms with Crippen LogP contribution in [0.3, 0.4) is 0 Å². The Morgan fingerprint density at radius 2 is 2.14 bits per heavy atom. The Kier molecular flexibility index (Phi) is 4.65. The number of nitrogens with zero attached hydrogens (tertiary/aromatic N) is 2. The third-order valence-electron chi connectivity index (χ3n) is 4.55. The lowest BCUT2D eigenvalue weighted by Gasteiger charge is -2.32. The van der Waals surface area contributed by atoms with Gasteiger partial charge in [-0.15, -0.1) is 0 Å². The first-order valence-electron chi connectivity index (χ1n) is 7.30. The van der Waals surface area contributed by atoms with Crippen molar-refractivity contribution >= 4 is 11.9 Å². The maximum Gasteiger partial charge on any atom is 0.323 e. The topological polar surface area (TPSA) is 81.4 Å². The summed E-state index contributed by atoms with van der Waals surface area (Å²) in [4.78, 5) is 24.2. The van der Waals surface area contributed by atoms with Crippen LogP contribution in [-0.2, 0) is 27.8 Å². The number of aromatic nitrogens is 2. The van der Waals surface area contributed by atoms with Crippen LogP contribution in [0.1, 0.15) is 37.7 Å². The Balaban J connectivity index is 2.24. The van der Waals surface area contributed by atoms with Crippen LogP contribution in [0.25, 0.3) is 0 Å². The largest absolute Gasteiger partial charge is 0.480 e. The van der Waals surface area contributed by atoms with Gasteiger partial charge in [-0.05, 0) is 37.2 Å². The van der Waals surface area contributed by atoms with Crippen LogP contribution >= 0.6 is 0 Å². The Morgan fingerprint density at radius 1 is 1.48 bits per heavy atom. The molecule has 0 amide bonds. The SMILES string of the molecule is COC(=O)C(CCc1cnn(C)c1)(C(=O)O)C1CCCC1. The standard InChI is InChI=1S/C15H22N2O4/c1-17-10-11(9-16-17)7-8-15(13(18)19,14(20)21-2)12-5-3-4-6-12/h9-10,12H,3-8H2,1-2H3,(H,18,19). The molecule has 1 N–H and O–H groups in total. The van der Waals surface area contributed by atoms with E-state index in [9.17, 15) is 14.7 Å². The molecule has 1 fully saturated rings. The number of aryl methyl sites for hydroxylation is 2. The molecule has 116 valence electrons. The molecule has 6 nitrogen and oxygen atoms in total. The van der Waals surface area contributed by atoms with Crippen LogP contribution in [0.15, 0.2) is 12.4 Å². The van der Waals surface area contributed by atoms with Crippen LogP contribution in [0.5, 0.6) is 0 Å². The molecule has 0 spiro atoms. The van der Waals surface area contributed by atoms with Gasteiger partial charge in [0.1, 0.15) is 0 Å². The lowest BCUT2D eigenvalue weighted by atomic mass is 9.70. The lowest BCUT2D eigenvalue weighted by Crippen LogP contribution is -2.46. The fourth-order valence-electron chi connectivity index (χ4n) is 3.38. The molecular formula is C15H22N2O4. The quantitative estimate of drug-likeness (QED) is 0.639. The van der Waals surface area contributed by atoms with Gasteiger partial charge in [0.05, 0.1) is 13.3 Å². The fraction of sp³-hybridized carbons (Fsp3) is 0.667. The number of hydrogen-bond acceptors (Lipinski definition) is 4. The second-order valence-electron chi connectivity index (χ2n) is 5.77. The van der Waals surface area contributed by atoms with Crippen molar-refractivity contribution in [2.45, 2.75) is 38.5 Å². The predicted molar refractivity (Wildman–Crippen MR) is 75.6 cm³/mol. The minimum atomic E-state index is -1.43. The summed E-state index contributed by atoms with van der Waals surface area (Å²) >= 11 is 0. The van der Waals surface area contributed by atoms with E-state index in [1.807, 2.05) is 13.2 Å². The number of hydrogen-bond donors (Lipinski definition) is 1. The fourth-order valence-corrected chi connectivity index (χ4v) is 3.38. The summed E-state index contributed by atoms with van der Waals surface area (Å²) in [5.41, 5.74) is -0.494. The molecule has 1 aromatic rings. The number of aliphatic carboxylic acids is 1. The van der Waals surface area contributed by atoms with E-state index in [1.54, 1.807) is 10.9 Å². The third-order valence-corrected chi connectivity index (χ3v) is 4.55. The predicted octanol–water partition coefficient (Wildman–Crippen LogP) is 1.79. The normalized spacial score (nSPS) is 18.4. The number of methoxy groups -OCH3 is 1. The van der Waals surface area contributed by atoms with Gasteiger partial charge in [0.15, 0.2) is 5.41 Å². The molecule has 0 aromatic carbocycles. The lowest BCUT2D eigenvalue weighted by molar-refractivity contribution is -0.172. The summed E-state index contributed by atoms with van der Waals surface area (Å²) in [6.07, 6.45) is 7.81. The highest BCUT2D eigenvalue weighted by molar-refractivity contribution is 5.99. The number of carboxylic acids is 1. The number of ether oxygens (including phenoxy) is 1. The van der Waals surface area contributed by atoms with Crippen molar-refractivity contribution in [2.75, 3.05) is 7.11 Å². The summed E-state index contributed by atoms with van der Waals surface area (Å²) in [7, 11) is 3.07. The first-order valence-corrected chi connectivity index (χ1v) is 7.30. The molecule has 1 aromatic heterocycles. The van der Waals surface area contributed by atoms with E-state index in [1.165, 1.54) is 7.11 Å². The number of esters is 1. The molecule has 0 saturated heterocycles. The molecule has 1 saturated carbocycles. The van der Waals surface area contributed by atoms with E-state index in [2.05, 4.69) is 5.10 Å². The van der Waals surface area contributed by atoms with Crippen molar-refractivity contribution in [1.82, 2.24) is 9.78 Å². The zero-order valence-corrected chi connectivity index (χ0v) is 12.5.